The van der Waals surface area contributed by atoms with Crippen LogP contribution in [-0.2, 0) is 4.79 Å². The molecule has 0 bridgehead atoms. The van der Waals surface area contributed by atoms with E-state index in [4.69, 9.17) is 0 Å². The van der Waals surface area contributed by atoms with Crippen molar-refractivity contribution >= 4 is 11.6 Å². The van der Waals surface area contributed by atoms with Crippen molar-refractivity contribution in [3.63, 3.8) is 0 Å². The van der Waals surface area contributed by atoms with Crippen LogP contribution in [0.5, 0.6) is 0 Å². The summed E-state index contributed by atoms with van der Waals surface area (Å²) in [5, 5.41) is 5.93. The van der Waals surface area contributed by atoms with Gasteiger partial charge in [-0.25, -0.2) is 4.39 Å². The fourth-order valence-electron chi connectivity index (χ4n) is 2.62. The lowest BCUT2D eigenvalue weighted by molar-refractivity contribution is -0.115. The first-order chi connectivity index (χ1) is 10.1. The molecule has 0 aromatic heterocycles. The summed E-state index contributed by atoms with van der Waals surface area (Å²) >= 11 is 0. The average molecular weight is 293 g/mol. The molecule has 1 amide bonds. The van der Waals surface area contributed by atoms with Gasteiger partial charge in [0.25, 0.3) is 0 Å². The number of halogens is 1. The van der Waals surface area contributed by atoms with E-state index in [1.54, 1.807) is 12.1 Å². The molecule has 116 valence electrons. The number of carbonyl (C=O) groups excluding carboxylic acids is 1. The van der Waals surface area contributed by atoms with Crippen LogP contribution in [0.25, 0.3) is 0 Å². The Bertz CT molecular complexity index is 443. The van der Waals surface area contributed by atoms with E-state index in [1.165, 1.54) is 31.4 Å². The summed E-state index contributed by atoms with van der Waals surface area (Å²) in [6, 6.07) is 6.24. The van der Waals surface area contributed by atoms with Gasteiger partial charge in [-0.2, -0.15) is 0 Å². The normalized spacial score (nSPS) is 17.4. The Morgan fingerprint density at radius 1 is 1.24 bits per heavy atom. The van der Waals surface area contributed by atoms with Crippen molar-refractivity contribution in [3.05, 3.63) is 30.1 Å². The van der Waals surface area contributed by atoms with Gasteiger partial charge in [-0.15, -0.1) is 0 Å². The zero-order valence-electron chi connectivity index (χ0n) is 12.6. The number of benzene rings is 1. The van der Waals surface area contributed by atoms with Crippen molar-refractivity contribution in [2.24, 2.45) is 0 Å². The Labute approximate surface area is 125 Å². The maximum absolute atomic E-state index is 12.8. The van der Waals surface area contributed by atoms with Crippen molar-refractivity contribution in [2.45, 2.75) is 32.2 Å². The summed E-state index contributed by atoms with van der Waals surface area (Å²) in [7, 11) is 0. The number of hydrogen-bond donors (Lipinski definition) is 2. The average Bonchev–Trinajstić information content (AvgIpc) is 2.50. The molecule has 4 nitrogen and oxygen atoms in total. The van der Waals surface area contributed by atoms with Gasteiger partial charge in [0.05, 0.1) is 6.54 Å². The molecule has 1 aliphatic heterocycles. The molecule has 21 heavy (non-hydrogen) atoms. The minimum absolute atomic E-state index is 0.104. The van der Waals surface area contributed by atoms with Crippen molar-refractivity contribution in [2.75, 3.05) is 31.5 Å². The van der Waals surface area contributed by atoms with Crippen LogP contribution < -0.4 is 10.6 Å². The highest BCUT2D eigenvalue weighted by Crippen LogP contribution is 2.11. The van der Waals surface area contributed by atoms with E-state index in [0.29, 0.717) is 11.7 Å². The van der Waals surface area contributed by atoms with Gasteiger partial charge < -0.3 is 10.6 Å². The molecule has 1 aliphatic rings. The number of nitrogens with zero attached hydrogens (tertiary/aromatic N) is 1. The summed E-state index contributed by atoms with van der Waals surface area (Å²) in [6.07, 6.45) is 3.88. The molecule has 5 heteroatoms. The van der Waals surface area contributed by atoms with Gasteiger partial charge in [0.15, 0.2) is 0 Å². The third kappa shape index (κ3) is 5.44. The highest BCUT2D eigenvalue weighted by atomic mass is 19.1. The van der Waals surface area contributed by atoms with Gasteiger partial charge in [0, 0.05) is 18.3 Å². The van der Waals surface area contributed by atoms with Crippen LogP contribution in [0.3, 0.4) is 0 Å². The Kier molecular flexibility index (Phi) is 6.14. The molecule has 1 atom stereocenters. The topological polar surface area (TPSA) is 44.4 Å². The minimum atomic E-state index is -0.304. The number of likely N-dealkylation sites (tertiary alicyclic amines) is 1. The molecular weight excluding hydrogens is 269 g/mol. The first-order valence-electron chi connectivity index (χ1n) is 7.65. The van der Waals surface area contributed by atoms with Gasteiger partial charge in [-0.05, 0) is 57.1 Å². The molecular formula is C16H24FN3O. The van der Waals surface area contributed by atoms with Crippen molar-refractivity contribution in [3.8, 4) is 0 Å². The molecule has 0 saturated carbocycles. The quantitative estimate of drug-likeness (QED) is 0.845. The second kappa shape index (κ2) is 8.10. The van der Waals surface area contributed by atoms with Crippen molar-refractivity contribution in [1.82, 2.24) is 10.2 Å². The van der Waals surface area contributed by atoms with E-state index in [-0.39, 0.29) is 18.3 Å². The number of amides is 1. The summed E-state index contributed by atoms with van der Waals surface area (Å²) in [4.78, 5) is 14.2. The van der Waals surface area contributed by atoms with Crippen LogP contribution in [-0.4, -0.2) is 43.0 Å². The van der Waals surface area contributed by atoms with E-state index < -0.39 is 0 Å². The van der Waals surface area contributed by atoms with Crippen LogP contribution >= 0.6 is 0 Å². The number of rotatable bonds is 6. The summed E-state index contributed by atoms with van der Waals surface area (Å²) in [5.41, 5.74) is 0.618. The molecule has 1 aromatic rings. The zero-order valence-corrected chi connectivity index (χ0v) is 12.6. The number of carbonyl (C=O) groups is 1. The third-order valence-electron chi connectivity index (χ3n) is 3.87. The molecule has 1 saturated heterocycles. The smallest absolute Gasteiger partial charge is 0.238 e. The molecule has 2 rings (SSSR count). The van der Waals surface area contributed by atoms with Crippen LogP contribution in [0.15, 0.2) is 24.3 Å². The van der Waals surface area contributed by atoms with Crippen molar-refractivity contribution < 1.29 is 9.18 Å². The summed E-state index contributed by atoms with van der Waals surface area (Å²) in [5.74, 6) is -0.408. The fourth-order valence-corrected chi connectivity index (χ4v) is 2.62. The molecule has 0 radical (unpaired) electrons. The fraction of sp³-hybridized carbons (Fsp3) is 0.562. The largest absolute Gasteiger partial charge is 0.325 e. The molecule has 1 aromatic carbocycles. The Balaban J connectivity index is 1.65. The van der Waals surface area contributed by atoms with Crippen LogP contribution in [0.1, 0.15) is 26.2 Å². The molecule has 2 N–H and O–H groups in total. The molecule has 1 fully saturated rings. The zero-order chi connectivity index (χ0) is 15.1. The summed E-state index contributed by atoms with van der Waals surface area (Å²) in [6.45, 7) is 5.58. The lowest BCUT2D eigenvalue weighted by Gasteiger charge is -2.32. The predicted octanol–water partition coefficient (Wildman–Crippen LogP) is 2.23. The third-order valence-corrected chi connectivity index (χ3v) is 3.87. The second-order valence-electron chi connectivity index (χ2n) is 5.63. The SMILES string of the molecule is CC(CNCC(=O)Nc1ccc(F)cc1)N1CCCCC1. The molecule has 1 heterocycles. The second-order valence-corrected chi connectivity index (χ2v) is 5.63. The van der Waals surface area contributed by atoms with E-state index in [1.807, 2.05) is 0 Å². The Morgan fingerprint density at radius 2 is 1.90 bits per heavy atom. The van der Waals surface area contributed by atoms with Gasteiger partial charge in [0.1, 0.15) is 5.82 Å². The standard InChI is InChI=1S/C16H24FN3O/c1-13(20-9-3-2-4-10-20)11-18-12-16(21)19-15-7-5-14(17)6-8-15/h5-8,13,18H,2-4,9-12H2,1H3,(H,19,21). The minimum Gasteiger partial charge on any atom is -0.325 e. The number of anilines is 1. The van der Waals surface area contributed by atoms with Crippen molar-refractivity contribution in [1.29, 1.82) is 0 Å². The molecule has 0 spiro atoms. The predicted molar refractivity (Wildman–Crippen MR) is 82.8 cm³/mol. The summed E-state index contributed by atoms with van der Waals surface area (Å²) < 4.78 is 12.8. The van der Waals surface area contributed by atoms with Gasteiger partial charge in [-0.1, -0.05) is 6.42 Å². The van der Waals surface area contributed by atoms with E-state index in [9.17, 15) is 9.18 Å². The Hall–Kier alpha value is -1.46. The van der Waals surface area contributed by atoms with Gasteiger partial charge >= 0.3 is 0 Å². The van der Waals surface area contributed by atoms with Crippen LogP contribution in [0, 0.1) is 5.82 Å². The lowest BCUT2D eigenvalue weighted by atomic mass is 10.1. The van der Waals surface area contributed by atoms with E-state index in [0.717, 1.165) is 19.6 Å². The first-order valence-corrected chi connectivity index (χ1v) is 7.65. The monoisotopic (exact) mass is 293 g/mol. The van der Waals surface area contributed by atoms with Crippen LogP contribution in [0.2, 0.25) is 0 Å². The molecule has 0 aliphatic carbocycles. The van der Waals surface area contributed by atoms with E-state index in [2.05, 4.69) is 22.5 Å². The Morgan fingerprint density at radius 3 is 2.57 bits per heavy atom. The lowest BCUT2D eigenvalue weighted by Crippen LogP contribution is -2.44. The highest BCUT2D eigenvalue weighted by Gasteiger charge is 2.16. The van der Waals surface area contributed by atoms with Gasteiger partial charge in [0.2, 0.25) is 5.91 Å². The maximum atomic E-state index is 12.8. The number of piperidine rings is 1. The highest BCUT2D eigenvalue weighted by molar-refractivity contribution is 5.92. The van der Waals surface area contributed by atoms with Gasteiger partial charge in [-0.3, -0.25) is 9.69 Å². The maximum Gasteiger partial charge on any atom is 0.238 e. The first kappa shape index (κ1) is 15.9. The van der Waals surface area contributed by atoms with E-state index >= 15 is 0 Å². The molecule has 1 unspecified atom stereocenters. The number of hydrogen-bond acceptors (Lipinski definition) is 3. The number of nitrogens with one attached hydrogen (secondary N) is 2. The van der Waals surface area contributed by atoms with Crippen LogP contribution in [0.4, 0.5) is 10.1 Å².